The van der Waals surface area contributed by atoms with E-state index in [1.54, 1.807) is 0 Å². The summed E-state index contributed by atoms with van der Waals surface area (Å²) in [4.78, 5) is 2.25. The SMILES string of the molecule is CS(=O)(=O)CCN1CCC(CBr)CC1. The third-order valence-electron chi connectivity index (χ3n) is 2.70. The summed E-state index contributed by atoms with van der Waals surface area (Å²) in [5.74, 6) is 1.08. The van der Waals surface area contributed by atoms with E-state index >= 15 is 0 Å². The van der Waals surface area contributed by atoms with Crippen LogP contribution < -0.4 is 0 Å². The van der Waals surface area contributed by atoms with Crippen molar-refractivity contribution >= 4 is 25.8 Å². The number of hydrogen-bond donors (Lipinski definition) is 0. The van der Waals surface area contributed by atoms with Gasteiger partial charge in [0.2, 0.25) is 0 Å². The molecule has 1 aliphatic rings. The first-order chi connectivity index (χ1) is 6.51. The van der Waals surface area contributed by atoms with Crippen LogP contribution in [0, 0.1) is 5.92 Å². The summed E-state index contributed by atoms with van der Waals surface area (Å²) >= 11 is 3.49. The van der Waals surface area contributed by atoms with Gasteiger partial charge in [-0.15, -0.1) is 0 Å². The molecule has 1 rings (SSSR count). The molecule has 0 aromatic carbocycles. The lowest BCUT2D eigenvalue weighted by atomic mass is 9.99. The van der Waals surface area contributed by atoms with Crippen molar-refractivity contribution in [3.05, 3.63) is 0 Å². The van der Waals surface area contributed by atoms with Crippen molar-refractivity contribution in [2.24, 2.45) is 5.92 Å². The van der Waals surface area contributed by atoms with Gasteiger partial charge in [0.05, 0.1) is 5.75 Å². The summed E-state index contributed by atoms with van der Waals surface area (Å²) in [6, 6.07) is 0. The molecule has 14 heavy (non-hydrogen) atoms. The maximum Gasteiger partial charge on any atom is 0.148 e. The highest BCUT2D eigenvalue weighted by molar-refractivity contribution is 9.09. The second-order valence-electron chi connectivity index (χ2n) is 4.07. The predicted molar refractivity (Wildman–Crippen MR) is 62.7 cm³/mol. The van der Waals surface area contributed by atoms with Crippen LogP contribution in [0.2, 0.25) is 0 Å². The minimum atomic E-state index is -2.79. The van der Waals surface area contributed by atoms with E-state index in [4.69, 9.17) is 0 Å². The Morgan fingerprint density at radius 3 is 2.36 bits per heavy atom. The Bertz CT molecular complexity index is 258. The molecule has 0 aromatic rings. The average molecular weight is 284 g/mol. The fourth-order valence-electron chi connectivity index (χ4n) is 1.66. The fourth-order valence-corrected chi connectivity index (χ4v) is 2.90. The molecule has 1 aliphatic heterocycles. The van der Waals surface area contributed by atoms with E-state index < -0.39 is 9.84 Å². The Morgan fingerprint density at radius 2 is 1.93 bits per heavy atom. The van der Waals surface area contributed by atoms with Gasteiger partial charge in [0.25, 0.3) is 0 Å². The highest BCUT2D eigenvalue weighted by atomic mass is 79.9. The second-order valence-corrected chi connectivity index (χ2v) is 6.98. The van der Waals surface area contributed by atoms with E-state index in [-0.39, 0.29) is 0 Å². The summed E-state index contributed by atoms with van der Waals surface area (Å²) in [5, 5.41) is 1.08. The molecule has 0 saturated carbocycles. The summed E-state index contributed by atoms with van der Waals surface area (Å²) in [6.07, 6.45) is 3.68. The van der Waals surface area contributed by atoms with E-state index in [1.807, 2.05) is 0 Å². The summed E-state index contributed by atoms with van der Waals surface area (Å²) in [6.45, 7) is 2.80. The van der Waals surface area contributed by atoms with Gasteiger partial charge in [-0.3, -0.25) is 0 Å². The summed E-state index contributed by atoms with van der Waals surface area (Å²) in [5.41, 5.74) is 0. The molecule has 1 saturated heterocycles. The lowest BCUT2D eigenvalue weighted by Crippen LogP contribution is -2.37. The molecule has 3 nitrogen and oxygen atoms in total. The molecule has 5 heteroatoms. The Morgan fingerprint density at radius 1 is 1.36 bits per heavy atom. The molecule has 0 aliphatic carbocycles. The molecule has 1 heterocycles. The molecular formula is C9H18BrNO2S. The first-order valence-electron chi connectivity index (χ1n) is 4.97. The van der Waals surface area contributed by atoms with Crippen molar-refractivity contribution in [1.82, 2.24) is 4.90 Å². The molecule has 0 radical (unpaired) electrons. The van der Waals surface area contributed by atoms with Crippen LogP contribution in [0.25, 0.3) is 0 Å². The Kier molecular flexibility index (Phi) is 4.87. The number of alkyl halides is 1. The van der Waals surface area contributed by atoms with Crippen LogP contribution in [0.1, 0.15) is 12.8 Å². The van der Waals surface area contributed by atoms with Gasteiger partial charge < -0.3 is 4.90 Å². The van der Waals surface area contributed by atoms with Crippen LogP contribution in [0.3, 0.4) is 0 Å². The zero-order chi connectivity index (χ0) is 10.6. The van der Waals surface area contributed by atoms with E-state index in [0.717, 1.165) is 24.3 Å². The maximum atomic E-state index is 11.0. The average Bonchev–Trinajstić information content (AvgIpc) is 2.14. The second kappa shape index (κ2) is 5.47. The first-order valence-corrected chi connectivity index (χ1v) is 8.15. The van der Waals surface area contributed by atoms with E-state index in [0.29, 0.717) is 12.3 Å². The van der Waals surface area contributed by atoms with Crippen LogP contribution >= 0.6 is 15.9 Å². The van der Waals surface area contributed by atoms with Crippen molar-refractivity contribution < 1.29 is 8.42 Å². The number of piperidine rings is 1. The molecule has 0 aromatic heterocycles. The van der Waals surface area contributed by atoms with Crippen molar-refractivity contribution in [3.8, 4) is 0 Å². The Balaban J connectivity index is 2.23. The zero-order valence-corrected chi connectivity index (χ0v) is 11.0. The van der Waals surface area contributed by atoms with Crippen LogP contribution in [0.15, 0.2) is 0 Å². The van der Waals surface area contributed by atoms with Crippen LogP contribution in [0.4, 0.5) is 0 Å². The molecule has 0 spiro atoms. The number of hydrogen-bond acceptors (Lipinski definition) is 3. The monoisotopic (exact) mass is 283 g/mol. The van der Waals surface area contributed by atoms with Crippen LogP contribution in [0.5, 0.6) is 0 Å². The standard InChI is InChI=1S/C9H18BrNO2S/c1-14(12,13)7-6-11-4-2-9(8-10)3-5-11/h9H,2-8H2,1H3. The van der Waals surface area contributed by atoms with Gasteiger partial charge in [0.15, 0.2) is 0 Å². The minimum absolute atomic E-state index is 0.298. The van der Waals surface area contributed by atoms with Gasteiger partial charge in [-0.25, -0.2) is 8.42 Å². The highest BCUT2D eigenvalue weighted by Crippen LogP contribution is 2.18. The third kappa shape index (κ3) is 4.75. The molecule has 0 unspecified atom stereocenters. The van der Waals surface area contributed by atoms with Crippen LogP contribution in [-0.4, -0.2) is 50.3 Å². The smallest absolute Gasteiger partial charge is 0.148 e. The molecular weight excluding hydrogens is 266 g/mol. The molecule has 0 atom stereocenters. The van der Waals surface area contributed by atoms with Gasteiger partial charge in [0.1, 0.15) is 9.84 Å². The van der Waals surface area contributed by atoms with E-state index in [2.05, 4.69) is 20.8 Å². The molecule has 0 N–H and O–H groups in total. The van der Waals surface area contributed by atoms with Crippen molar-refractivity contribution in [2.75, 3.05) is 37.0 Å². The Labute approximate surface area is 94.9 Å². The molecule has 84 valence electrons. The quantitative estimate of drug-likeness (QED) is 0.726. The number of rotatable bonds is 4. The molecule has 1 fully saturated rings. The number of sulfone groups is 1. The summed E-state index contributed by atoms with van der Waals surface area (Å²) < 4.78 is 21.9. The minimum Gasteiger partial charge on any atom is -0.302 e. The van der Waals surface area contributed by atoms with Crippen molar-refractivity contribution in [2.45, 2.75) is 12.8 Å². The van der Waals surface area contributed by atoms with E-state index in [9.17, 15) is 8.42 Å². The van der Waals surface area contributed by atoms with Gasteiger partial charge in [-0.2, -0.15) is 0 Å². The zero-order valence-electron chi connectivity index (χ0n) is 8.58. The summed E-state index contributed by atoms with van der Waals surface area (Å²) in [7, 11) is -2.79. The lowest BCUT2D eigenvalue weighted by Gasteiger charge is -2.30. The van der Waals surface area contributed by atoms with Crippen molar-refractivity contribution in [3.63, 3.8) is 0 Å². The predicted octanol–water partition coefficient (Wildman–Crippen LogP) is 1.14. The van der Waals surface area contributed by atoms with E-state index in [1.165, 1.54) is 19.1 Å². The number of nitrogens with zero attached hydrogens (tertiary/aromatic N) is 1. The topological polar surface area (TPSA) is 37.4 Å². The molecule has 0 amide bonds. The number of likely N-dealkylation sites (tertiary alicyclic amines) is 1. The normalized spacial score (nSPS) is 21.3. The highest BCUT2D eigenvalue weighted by Gasteiger charge is 2.18. The third-order valence-corrected chi connectivity index (χ3v) is 4.54. The van der Waals surface area contributed by atoms with Gasteiger partial charge in [0, 0.05) is 18.1 Å². The fraction of sp³-hybridized carbons (Fsp3) is 1.00. The lowest BCUT2D eigenvalue weighted by molar-refractivity contribution is 0.204. The van der Waals surface area contributed by atoms with Gasteiger partial charge in [-0.05, 0) is 31.8 Å². The maximum absolute atomic E-state index is 11.0. The molecule has 0 bridgehead atoms. The van der Waals surface area contributed by atoms with Gasteiger partial charge in [-0.1, -0.05) is 15.9 Å². The van der Waals surface area contributed by atoms with Crippen LogP contribution in [-0.2, 0) is 9.84 Å². The first kappa shape index (κ1) is 12.5. The Hall–Kier alpha value is 0.390. The number of halogens is 1. The largest absolute Gasteiger partial charge is 0.302 e. The van der Waals surface area contributed by atoms with Crippen molar-refractivity contribution in [1.29, 1.82) is 0 Å². The van der Waals surface area contributed by atoms with Gasteiger partial charge >= 0.3 is 0 Å².